The van der Waals surface area contributed by atoms with E-state index >= 15 is 0 Å². The van der Waals surface area contributed by atoms with Gasteiger partial charge in [0.05, 0.1) is 0 Å². The van der Waals surface area contributed by atoms with E-state index in [1.54, 1.807) is 21.3 Å². The van der Waals surface area contributed by atoms with Gasteiger partial charge in [-0.3, -0.25) is 0 Å². The van der Waals surface area contributed by atoms with Crippen molar-refractivity contribution < 1.29 is 0 Å². The van der Waals surface area contributed by atoms with E-state index in [4.69, 9.17) is 0 Å². The van der Waals surface area contributed by atoms with Crippen molar-refractivity contribution in [1.82, 2.24) is 0 Å². The molecule has 0 saturated heterocycles. The fourth-order valence-electron chi connectivity index (χ4n) is 4.60. The second-order valence-corrected chi connectivity index (χ2v) is 12.6. The molecule has 0 nitrogen and oxygen atoms in total. The van der Waals surface area contributed by atoms with E-state index < -0.39 is 0 Å². The van der Waals surface area contributed by atoms with Gasteiger partial charge < -0.3 is 0 Å². The van der Waals surface area contributed by atoms with Gasteiger partial charge in [0.15, 0.2) is 0 Å². The lowest BCUT2D eigenvalue weighted by molar-refractivity contribution is 1.53. The van der Waals surface area contributed by atoms with Gasteiger partial charge in [0.25, 0.3) is 0 Å². The molecule has 0 unspecified atom stereocenters. The van der Waals surface area contributed by atoms with E-state index in [1.807, 2.05) is 0 Å². The van der Waals surface area contributed by atoms with Crippen LogP contribution in [0.15, 0.2) is 121 Å². The second kappa shape index (κ2) is 8.63. The van der Waals surface area contributed by atoms with Crippen LogP contribution >= 0.6 is 15.8 Å². The van der Waals surface area contributed by atoms with Crippen molar-refractivity contribution in [1.29, 1.82) is 0 Å². The van der Waals surface area contributed by atoms with Crippen molar-refractivity contribution in [3.8, 4) is 0 Å². The third-order valence-electron chi connectivity index (χ3n) is 6.16. The molecule has 2 aliphatic heterocycles. The average Bonchev–Trinajstić information content (AvgIpc) is 3.78. The molecule has 4 aromatic rings. The highest BCUT2D eigenvalue weighted by Gasteiger charge is 2.42. The lowest BCUT2D eigenvalue weighted by atomic mass is 10.1. The molecule has 0 fully saturated rings. The second-order valence-electron chi connectivity index (χ2n) is 8.16. The predicted octanol–water partition coefficient (Wildman–Crippen LogP) is 9.03. The van der Waals surface area contributed by atoms with Crippen LogP contribution in [0.1, 0.15) is 22.3 Å². The summed E-state index contributed by atoms with van der Waals surface area (Å²) in [5.74, 6) is 0. The third-order valence-corrected chi connectivity index (χ3v) is 11.5. The maximum Gasteiger partial charge on any atom is -0.00367 e. The Morgan fingerprint density at radius 2 is 0.531 bits per heavy atom. The number of hydrogen-bond donors (Lipinski definition) is 0. The first kappa shape index (κ1) is 19.9. The summed E-state index contributed by atoms with van der Waals surface area (Å²) in [6.45, 7) is 0. The molecule has 0 amide bonds. The number of benzene rings is 4. The molecule has 0 atom stereocenters. The average molecular weight is 446 g/mol. The normalized spacial score (nSPS) is 15.9. The van der Waals surface area contributed by atoms with Crippen molar-refractivity contribution in [3.63, 3.8) is 0 Å². The van der Waals surface area contributed by atoms with Gasteiger partial charge in [0, 0.05) is 0 Å². The molecule has 2 heteroatoms. The first-order chi connectivity index (χ1) is 15.9. The lowest BCUT2D eigenvalue weighted by Crippen LogP contribution is -1.82. The molecule has 2 heterocycles. The fourth-order valence-corrected chi connectivity index (χ4v) is 10.7. The lowest BCUT2D eigenvalue weighted by Gasteiger charge is -2.06. The Kier molecular flexibility index (Phi) is 5.36. The monoisotopic (exact) mass is 446 g/mol. The Hall–Kier alpha value is -2.78. The molecule has 0 aliphatic carbocycles. The minimum atomic E-state index is -0.175. The van der Waals surface area contributed by atoms with E-state index in [-0.39, 0.29) is 15.8 Å². The SMILES string of the molecule is c1ccc(C2=C(c3ccccc3)P2CCP2C(c3ccccc3)=C2c2ccccc2)cc1. The molecule has 4 aromatic carbocycles. The van der Waals surface area contributed by atoms with Crippen LogP contribution in [-0.2, 0) is 0 Å². The van der Waals surface area contributed by atoms with Gasteiger partial charge in [0.2, 0.25) is 0 Å². The number of rotatable bonds is 7. The van der Waals surface area contributed by atoms with Crippen LogP contribution in [0.4, 0.5) is 0 Å². The first-order valence-corrected chi connectivity index (χ1v) is 14.2. The molecular formula is C30H24P2. The van der Waals surface area contributed by atoms with Crippen molar-refractivity contribution in [2.24, 2.45) is 0 Å². The van der Waals surface area contributed by atoms with Gasteiger partial charge in [-0.1, -0.05) is 121 Å². The van der Waals surface area contributed by atoms with Crippen LogP contribution in [0.5, 0.6) is 0 Å². The van der Waals surface area contributed by atoms with Crippen LogP contribution in [0.2, 0.25) is 0 Å². The predicted molar refractivity (Wildman–Crippen MR) is 143 cm³/mol. The topological polar surface area (TPSA) is 0 Å². The van der Waals surface area contributed by atoms with Crippen LogP contribution < -0.4 is 0 Å². The highest BCUT2D eigenvalue weighted by Crippen LogP contribution is 2.83. The minimum absolute atomic E-state index is 0.175. The summed E-state index contributed by atoms with van der Waals surface area (Å²) in [6, 6.07) is 44.1. The zero-order valence-corrected chi connectivity index (χ0v) is 19.6. The molecule has 0 bridgehead atoms. The number of hydrogen-bond acceptors (Lipinski definition) is 0. The van der Waals surface area contributed by atoms with Gasteiger partial charge in [-0.2, -0.15) is 0 Å². The fraction of sp³-hybridized carbons (Fsp3) is 0.0667. The largest absolute Gasteiger partial charge is 0.0622 e. The van der Waals surface area contributed by atoms with Gasteiger partial charge >= 0.3 is 0 Å². The Morgan fingerprint density at radius 3 is 0.750 bits per heavy atom. The maximum absolute atomic E-state index is 2.28. The summed E-state index contributed by atoms with van der Waals surface area (Å²) in [6.07, 6.45) is 2.59. The molecule has 0 saturated carbocycles. The smallest absolute Gasteiger partial charge is 0.00367 e. The molecule has 2 aliphatic rings. The summed E-state index contributed by atoms with van der Waals surface area (Å²) >= 11 is 0. The van der Waals surface area contributed by atoms with E-state index in [0.717, 1.165) is 0 Å². The molecule has 0 radical (unpaired) electrons. The van der Waals surface area contributed by atoms with E-state index in [0.29, 0.717) is 0 Å². The molecule has 6 rings (SSSR count). The quantitative estimate of drug-likeness (QED) is 0.248. The van der Waals surface area contributed by atoms with Crippen molar-refractivity contribution in [3.05, 3.63) is 144 Å². The van der Waals surface area contributed by atoms with Gasteiger partial charge in [0.1, 0.15) is 0 Å². The maximum atomic E-state index is 2.28. The van der Waals surface area contributed by atoms with Crippen molar-refractivity contribution in [2.45, 2.75) is 0 Å². The standard InChI is InChI=1S/C30H24P2/c1-5-13-23(14-6-1)27-28(24-15-7-2-8-16-24)31(27)21-22-32-29(25-17-9-3-10-18-25)30(32)26-19-11-4-12-20-26/h1-20H,21-22H2. The zero-order valence-electron chi connectivity index (χ0n) is 17.9. The van der Waals surface area contributed by atoms with E-state index in [9.17, 15) is 0 Å². The van der Waals surface area contributed by atoms with E-state index in [1.165, 1.54) is 34.6 Å². The van der Waals surface area contributed by atoms with E-state index in [2.05, 4.69) is 121 Å². The van der Waals surface area contributed by atoms with Gasteiger partial charge in [-0.15, -0.1) is 0 Å². The summed E-state index contributed by atoms with van der Waals surface area (Å²) < 4.78 is 0. The highest BCUT2D eigenvalue weighted by molar-refractivity contribution is 7.92. The van der Waals surface area contributed by atoms with Crippen molar-refractivity contribution in [2.75, 3.05) is 12.3 Å². The molecule has 0 N–H and O–H groups in total. The summed E-state index contributed by atoms with van der Waals surface area (Å²) in [4.78, 5) is 0. The van der Waals surface area contributed by atoms with Gasteiger partial charge in [-0.25, -0.2) is 0 Å². The van der Waals surface area contributed by atoms with Crippen LogP contribution in [0, 0.1) is 0 Å². The molecule has 32 heavy (non-hydrogen) atoms. The molecule has 0 aromatic heterocycles. The Balaban J connectivity index is 1.25. The Morgan fingerprint density at radius 1 is 0.312 bits per heavy atom. The van der Waals surface area contributed by atoms with Crippen LogP contribution in [0.3, 0.4) is 0 Å². The summed E-state index contributed by atoms with van der Waals surface area (Å²) in [7, 11) is -0.351. The van der Waals surface area contributed by atoms with Crippen LogP contribution in [0.25, 0.3) is 21.3 Å². The first-order valence-electron chi connectivity index (χ1n) is 11.2. The van der Waals surface area contributed by atoms with Crippen molar-refractivity contribution >= 4 is 37.1 Å². The summed E-state index contributed by atoms with van der Waals surface area (Å²) in [5.41, 5.74) is 5.67. The molecular weight excluding hydrogens is 422 g/mol. The highest BCUT2D eigenvalue weighted by atomic mass is 31.1. The summed E-state index contributed by atoms with van der Waals surface area (Å²) in [5, 5.41) is 6.47. The third kappa shape index (κ3) is 3.80. The Bertz CT molecular complexity index is 1090. The zero-order chi connectivity index (χ0) is 21.3. The van der Waals surface area contributed by atoms with Crippen LogP contribution in [-0.4, -0.2) is 12.3 Å². The minimum Gasteiger partial charge on any atom is -0.0622 e. The molecule has 0 spiro atoms. The Labute approximate surface area is 192 Å². The van der Waals surface area contributed by atoms with Gasteiger partial charge in [-0.05, 0) is 71.7 Å². The molecule has 154 valence electrons.